The van der Waals surface area contributed by atoms with Crippen molar-refractivity contribution in [1.29, 1.82) is 0 Å². The van der Waals surface area contributed by atoms with Gasteiger partial charge >= 0.3 is 0 Å². The topological polar surface area (TPSA) is 34.4 Å². The van der Waals surface area contributed by atoms with Crippen LogP contribution in [0.5, 0.6) is 0 Å². The predicted molar refractivity (Wildman–Crippen MR) is 86.3 cm³/mol. The predicted octanol–water partition coefficient (Wildman–Crippen LogP) is 4.10. The molecule has 0 radical (unpaired) electrons. The quantitative estimate of drug-likeness (QED) is 0.745. The van der Waals surface area contributed by atoms with Gasteiger partial charge in [0.05, 0.1) is 13.2 Å². The van der Waals surface area contributed by atoms with Crippen molar-refractivity contribution in [3.05, 3.63) is 52.1 Å². The van der Waals surface area contributed by atoms with E-state index in [0.717, 1.165) is 24.6 Å². The van der Waals surface area contributed by atoms with E-state index in [0.29, 0.717) is 13.2 Å². The van der Waals surface area contributed by atoms with E-state index in [4.69, 9.17) is 9.15 Å². The highest BCUT2D eigenvalue weighted by Crippen LogP contribution is 2.10. The summed E-state index contributed by atoms with van der Waals surface area (Å²) in [6.07, 6.45) is 4.08. The van der Waals surface area contributed by atoms with Crippen LogP contribution in [-0.4, -0.2) is 13.2 Å². The summed E-state index contributed by atoms with van der Waals surface area (Å²) < 4.78 is 11.2. The third-order valence-electron chi connectivity index (χ3n) is 2.58. The Kier molecular flexibility index (Phi) is 8.30. The van der Waals surface area contributed by atoms with Gasteiger partial charge in [-0.15, -0.1) is 12.4 Å². The van der Waals surface area contributed by atoms with Crippen LogP contribution < -0.4 is 5.32 Å². The molecule has 2 aromatic heterocycles. The summed E-state index contributed by atoms with van der Waals surface area (Å²) in [4.78, 5) is 0. The van der Waals surface area contributed by atoms with Crippen LogP contribution in [0.15, 0.2) is 39.5 Å². The third-order valence-corrected chi connectivity index (χ3v) is 3.28. The number of hydrogen-bond donors (Lipinski definition) is 1. The SMILES string of the molecule is CCNCc1ccc(COC/C=C/c2ccsc2)o1.Cl. The smallest absolute Gasteiger partial charge is 0.129 e. The van der Waals surface area contributed by atoms with Gasteiger partial charge in [-0.1, -0.05) is 19.1 Å². The lowest BCUT2D eigenvalue weighted by atomic mass is 10.3. The molecule has 0 unspecified atom stereocenters. The number of ether oxygens (including phenoxy) is 1. The first kappa shape index (κ1) is 17.0. The standard InChI is InChI=1S/C15H19NO2S.ClH/c1-2-16-10-14-5-6-15(18-14)11-17-8-3-4-13-7-9-19-12-13;/h3-7,9,12,16H,2,8,10-11H2,1H3;1H/b4-3+;. The van der Waals surface area contributed by atoms with Crippen LogP contribution in [0.3, 0.4) is 0 Å². The second kappa shape index (κ2) is 9.77. The van der Waals surface area contributed by atoms with Crippen LogP contribution in [0.25, 0.3) is 6.08 Å². The van der Waals surface area contributed by atoms with Crippen molar-refractivity contribution in [3.8, 4) is 0 Å². The number of thiophene rings is 1. The van der Waals surface area contributed by atoms with Crippen molar-refractivity contribution in [1.82, 2.24) is 5.32 Å². The van der Waals surface area contributed by atoms with Crippen LogP contribution in [0.2, 0.25) is 0 Å². The Morgan fingerprint density at radius 1 is 1.30 bits per heavy atom. The first-order valence-electron chi connectivity index (χ1n) is 6.43. The molecule has 2 heterocycles. The first-order chi connectivity index (χ1) is 9.38. The van der Waals surface area contributed by atoms with E-state index in [1.165, 1.54) is 5.56 Å². The van der Waals surface area contributed by atoms with Gasteiger partial charge in [-0.25, -0.2) is 0 Å². The van der Waals surface area contributed by atoms with Crippen LogP contribution in [0.1, 0.15) is 24.0 Å². The van der Waals surface area contributed by atoms with Crippen molar-refractivity contribution in [3.63, 3.8) is 0 Å². The fourth-order valence-corrected chi connectivity index (χ4v) is 2.25. The minimum absolute atomic E-state index is 0. The number of furan rings is 1. The maximum absolute atomic E-state index is 5.63. The molecule has 0 aliphatic rings. The zero-order valence-electron chi connectivity index (χ0n) is 11.5. The monoisotopic (exact) mass is 313 g/mol. The first-order valence-corrected chi connectivity index (χ1v) is 7.37. The van der Waals surface area contributed by atoms with Crippen molar-refractivity contribution in [2.45, 2.75) is 20.1 Å². The average molecular weight is 314 g/mol. The molecular weight excluding hydrogens is 294 g/mol. The second-order valence-corrected chi connectivity index (χ2v) is 4.90. The molecule has 0 aliphatic carbocycles. The van der Waals surface area contributed by atoms with Crippen molar-refractivity contribution in [2.75, 3.05) is 13.2 Å². The van der Waals surface area contributed by atoms with Gasteiger partial charge in [-0.2, -0.15) is 11.3 Å². The number of halogens is 1. The molecule has 110 valence electrons. The summed E-state index contributed by atoms with van der Waals surface area (Å²) in [6.45, 7) is 4.90. The highest BCUT2D eigenvalue weighted by Gasteiger charge is 2.00. The summed E-state index contributed by atoms with van der Waals surface area (Å²) in [5.41, 5.74) is 1.22. The van der Waals surface area contributed by atoms with Gasteiger partial charge in [-0.05, 0) is 41.1 Å². The fraction of sp³-hybridized carbons (Fsp3) is 0.333. The fourth-order valence-electron chi connectivity index (χ4n) is 1.62. The Morgan fingerprint density at radius 3 is 2.90 bits per heavy atom. The molecule has 20 heavy (non-hydrogen) atoms. The number of nitrogens with one attached hydrogen (secondary N) is 1. The van der Waals surface area contributed by atoms with E-state index in [1.54, 1.807) is 11.3 Å². The maximum Gasteiger partial charge on any atom is 0.129 e. The molecule has 0 saturated carbocycles. The van der Waals surface area contributed by atoms with Crippen LogP contribution >= 0.6 is 23.7 Å². The van der Waals surface area contributed by atoms with E-state index in [9.17, 15) is 0 Å². The van der Waals surface area contributed by atoms with E-state index < -0.39 is 0 Å². The van der Waals surface area contributed by atoms with E-state index >= 15 is 0 Å². The van der Waals surface area contributed by atoms with Gasteiger partial charge in [0.15, 0.2) is 0 Å². The van der Waals surface area contributed by atoms with Crippen molar-refractivity contribution >= 4 is 29.8 Å². The molecule has 0 saturated heterocycles. The Bertz CT molecular complexity index is 494. The van der Waals surface area contributed by atoms with Crippen LogP contribution in [-0.2, 0) is 17.9 Å². The molecule has 0 atom stereocenters. The third kappa shape index (κ3) is 5.92. The summed E-state index contributed by atoms with van der Waals surface area (Å²) in [5.74, 6) is 1.83. The summed E-state index contributed by atoms with van der Waals surface area (Å²) >= 11 is 1.70. The molecule has 1 N–H and O–H groups in total. The molecule has 0 aromatic carbocycles. The molecule has 0 bridgehead atoms. The van der Waals surface area contributed by atoms with Gasteiger partial charge < -0.3 is 14.5 Å². The Labute approximate surface area is 130 Å². The summed E-state index contributed by atoms with van der Waals surface area (Å²) in [6, 6.07) is 6.04. The van der Waals surface area contributed by atoms with Crippen molar-refractivity contribution in [2.24, 2.45) is 0 Å². The number of hydrogen-bond acceptors (Lipinski definition) is 4. The Morgan fingerprint density at radius 2 is 2.15 bits per heavy atom. The lowest BCUT2D eigenvalue weighted by Crippen LogP contribution is -2.10. The van der Waals surface area contributed by atoms with E-state index in [1.807, 2.05) is 18.2 Å². The van der Waals surface area contributed by atoms with Gasteiger partial charge in [0.1, 0.15) is 18.1 Å². The lowest BCUT2D eigenvalue weighted by Gasteiger charge is -1.99. The molecule has 0 aliphatic heterocycles. The summed E-state index contributed by atoms with van der Waals surface area (Å²) in [5, 5.41) is 7.40. The molecule has 0 fully saturated rings. The zero-order chi connectivity index (χ0) is 13.3. The molecular formula is C15H20ClNO2S. The van der Waals surface area contributed by atoms with Crippen LogP contribution in [0.4, 0.5) is 0 Å². The van der Waals surface area contributed by atoms with Gasteiger partial charge in [-0.3, -0.25) is 0 Å². The van der Waals surface area contributed by atoms with E-state index in [2.05, 4.69) is 35.1 Å². The zero-order valence-corrected chi connectivity index (χ0v) is 13.1. The normalized spacial score (nSPS) is 10.8. The Hall–Kier alpha value is -1.07. The molecule has 0 amide bonds. The summed E-state index contributed by atoms with van der Waals surface area (Å²) in [7, 11) is 0. The van der Waals surface area contributed by atoms with Gasteiger partial charge in [0.2, 0.25) is 0 Å². The average Bonchev–Trinajstić information content (AvgIpc) is 3.07. The molecule has 0 spiro atoms. The largest absolute Gasteiger partial charge is 0.462 e. The van der Waals surface area contributed by atoms with E-state index in [-0.39, 0.29) is 12.4 Å². The van der Waals surface area contributed by atoms with Gasteiger partial charge in [0, 0.05) is 0 Å². The maximum atomic E-state index is 5.63. The minimum atomic E-state index is 0. The highest BCUT2D eigenvalue weighted by atomic mass is 35.5. The van der Waals surface area contributed by atoms with Crippen LogP contribution in [0, 0.1) is 0 Å². The lowest BCUT2D eigenvalue weighted by molar-refractivity contribution is 0.130. The molecule has 5 heteroatoms. The van der Waals surface area contributed by atoms with Crippen molar-refractivity contribution < 1.29 is 9.15 Å². The molecule has 3 nitrogen and oxygen atoms in total. The molecule has 2 aromatic rings. The molecule has 2 rings (SSSR count). The minimum Gasteiger partial charge on any atom is -0.462 e. The highest BCUT2D eigenvalue weighted by molar-refractivity contribution is 7.08. The Balaban J connectivity index is 0.00000200. The van der Waals surface area contributed by atoms with Gasteiger partial charge in [0.25, 0.3) is 0 Å². The second-order valence-electron chi connectivity index (χ2n) is 4.12. The number of rotatable bonds is 8.